The number of hydrogen-bond donors (Lipinski definition) is 1. The molecular formula is C15H21NO4. The number of β-amino-alcohol motifs (C(OH)–C–C–N with tert-alkyl or cyclic N) is 1. The highest BCUT2D eigenvalue weighted by Crippen LogP contribution is 2.28. The van der Waals surface area contributed by atoms with Crippen molar-refractivity contribution in [2.24, 2.45) is 0 Å². The summed E-state index contributed by atoms with van der Waals surface area (Å²) in [5.74, 6) is 1.35. The Morgan fingerprint density at radius 3 is 2.60 bits per heavy atom. The fraction of sp³-hybridized carbons (Fsp3) is 0.533. The summed E-state index contributed by atoms with van der Waals surface area (Å²) in [5, 5.41) is 9.94. The second-order valence-electron chi connectivity index (χ2n) is 5.18. The van der Waals surface area contributed by atoms with Gasteiger partial charge in [0.25, 0.3) is 0 Å². The third-order valence-corrected chi connectivity index (χ3v) is 3.82. The van der Waals surface area contributed by atoms with Gasteiger partial charge in [-0.25, -0.2) is 0 Å². The minimum Gasteiger partial charge on any atom is -0.497 e. The van der Waals surface area contributed by atoms with Crippen LogP contribution in [-0.4, -0.2) is 48.8 Å². The molecule has 2 rings (SSSR count). The van der Waals surface area contributed by atoms with Crippen molar-refractivity contribution in [3.63, 3.8) is 0 Å². The van der Waals surface area contributed by atoms with Crippen LogP contribution in [0, 0.1) is 0 Å². The highest BCUT2D eigenvalue weighted by Gasteiger charge is 2.41. The van der Waals surface area contributed by atoms with Gasteiger partial charge in [0.15, 0.2) is 0 Å². The summed E-state index contributed by atoms with van der Waals surface area (Å²) >= 11 is 0. The van der Waals surface area contributed by atoms with Crippen molar-refractivity contribution < 1.29 is 19.4 Å². The molecule has 5 heteroatoms. The maximum Gasteiger partial charge on any atom is 0.227 e. The summed E-state index contributed by atoms with van der Waals surface area (Å²) in [6.07, 6.45) is 0.940. The van der Waals surface area contributed by atoms with Crippen LogP contribution in [0.3, 0.4) is 0 Å². The van der Waals surface area contributed by atoms with Gasteiger partial charge in [0.1, 0.15) is 11.5 Å². The Labute approximate surface area is 119 Å². The first-order valence-corrected chi connectivity index (χ1v) is 6.72. The highest BCUT2D eigenvalue weighted by molar-refractivity contribution is 5.80. The number of benzene rings is 1. The number of methoxy groups -OCH3 is 2. The van der Waals surface area contributed by atoms with Crippen LogP contribution < -0.4 is 9.47 Å². The van der Waals surface area contributed by atoms with Crippen LogP contribution in [0.25, 0.3) is 0 Å². The molecule has 0 bridgehead atoms. The Morgan fingerprint density at radius 1 is 1.35 bits per heavy atom. The lowest BCUT2D eigenvalue weighted by Gasteiger charge is -2.46. The van der Waals surface area contributed by atoms with Gasteiger partial charge in [-0.3, -0.25) is 4.79 Å². The zero-order valence-corrected chi connectivity index (χ0v) is 12.2. The van der Waals surface area contributed by atoms with E-state index < -0.39 is 5.60 Å². The summed E-state index contributed by atoms with van der Waals surface area (Å²) in [6, 6.07) is 5.41. The Kier molecular flexibility index (Phi) is 4.18. The zero-order chi connectivity index (χ0) is 14.8. The first-order valence-electron chi connectivity index (χ1n) is 6.72. The minimum atomic E-state index is -0.695. The van der Waals surface area contributed by atoms with Gasteiger partial charge in [-0.2, -0.15) is 0 Å². The predicted molar refractivity (Wildman–Crippen MR) is 75.1 cm³/mol. The lowest BCUT2D eigenvalue weighted by molar-refractivity contribution is -0.155. The van der Waals surface area contributed by atoms with Crippen LogP contribution in [0.2, 0.25) is 0 Å². The number of nitrogens with zero attached hydrogens (tertiary/aromatic N) is 1. The van der Waals surface area contributed by atoms with Crippen LogP contribution in [0.15, 0.2) is 18.2 Å². The molecule has 20 heavy (non-hydrogen) atoms. The molecule has 0 saturated carbocycles. The molecule has 0 aromatic heterocycles. The quantitative estimate of drug-likeness (QED) is 0.880. The molecule has 1 heterocycles. The van der Waals surface area contributed by atoms with E-state index in [0.29, 0.717) is 31.0 Å². The van der Waals surface area contributed by atoms with Crippen molar-refractivity contribution in [3.8, 4) is 11.5 Å². The molecule has 0 unspecified atom stereocenters. The van der Waals surface area contributed by atoms with Gasteiger partial charge in [-0.1, -0.05) is 13.0 Å². The van der Waals surface area contributed by atoms with E-state index in [1.165, 1.54) is 0 Å². The molecule has 1 saturated heterocycles. The monoisotopic (exact) mass is 279 g/mol. The molecule has 1 amide bonds. The van der Waals surface area contributed by atoms with Crippen LogP contribution >= 0.6 is 0 Å². The SMILES string of the molecule is CCC1(O)CN(C(=O)Cc2ccc(OC)cc2OC)C1. The van der Waals surface area contributed by atoms with Gasteiger partial charge >= 0.3 is 0 Å². The largest absolute Gasteiger partial charge is 0.497 e. The normalized spacial score (nSPS) is 16.5. The summed E-state index contributed by atoms with van der Waals surface area (Å²) in [5.41, 5.74) is 0.130. The second kappa shape index (κ2) is 5.71. The van der Waals surface area contributed by atoms with Crippen molar-refractivity contribution in [1.82, 2.24) is 4.90 Å². The Hall–Kier alpha value is -1.75. The maximum absolute atomic E-state index is 12.1. The van der Waals surface area contributed by atoms with Crippen molar-refractivity contribution in [2.45, 2.75) is 25.4 Å². The van der Waals surface area contributed by atoms with Crippen LogP contribution in [0.5, 0.6) is 11.5 Å². The van der Waals surface area contributed by atoms with E-state index in [9.17, 15) is 9.90 Å². The smallest absolute Gasteiger partial charge is 0.227 e. The van der Waals surface area contributed by atoms with E-state index in [0.717, 1.165) is 5.56 Å². The fourth-order valence-electron chi connectivity index (χ4n) is 2.34. The van der Waals surface area contributed by atoms with E-state index in [2.05, 4.69) is 0 Å². The number of aliphatic hydroxyl groups is 1. The molecule has 1 aromatic rings. The first kappa shape index (κ1) is 14.7. The van der Waals surface area contributed by atoms with Gasteiger partial charge in [-0.15, -0.1) is 0 Å². The van der Waals surface area contributed by atoms with E-state index >= 15 is 0 Å². The molecule has 1 aliphatic rings. The van der Waals surface area contributed by atoms with Gasteiger partial charge in [-0.05, 0) is 12.5 Å². The number of ether oxygens (including phenoxy) is 2. The summed E-state index contributed by atoms with van der Waals surface area (Å²) in [6.45, 7) is 2.76. The lowest BCUT2D eigenvalue weighted by atomic mass is 9.91. The predicted octanol–water partition coefficient (Wildman–Crippen LogP) is 1.23. The fourth-order valence-corrected chi connectivity index (χ4v) is 2.34. The molecule has 0 radical (unpaired) electrons. The number of carbonyl (C=O) groups excluding carboxylic acids is 1. The Morgan fingerprint density at radius 2 is 2.05 bits per heavy atom. The van der Waals surface area contributed by atoms with E-state index in [4.69, 9.17) is 9.47 Å². The molecule has 1 aliphatic heterocycles. The first-order chi connectivity index (χ1) is 9.51. The minimum absolute atomic E-state index is 0.00610. The van der Waals surface area contributed by atoms with Crippen molar-refractivity contribution in [3.05, 3.63) is 23.8 Å². The van der Waals surface area contributed by atoms with E-state index in [-0.39, 0.29) is 12.3 Å². The van der Waals surface area contributed by atoms with Crippen LogP contribution in [0.4, 0.5) is 0 Å². The van der Waals surface area contributed by atoms with Crippen LogP contribution in [0.1, 0.15) is 18.9 Å². The average molecular weight is 279 g/mol. The number of amides is 1. The molecule has 0 aliphatic carbocycles. The zero-order valence-electron chi connectivity index (χ0n) is 12.2. The summed E-state index contributed by atoms with van der Waals surface area (Å²) in [7, 11) is 3.16. The molecule has 5 nitrogen and oxygen atoms in total. The van der Waals surface area contributed by atoms with Crippen molar-refractivity contribution in [1.29, 1.82) is 0 Å². The summed E-state index contributed by atoms with van der Waals surface area (Å²) in [4.78, 5) is 13.8. The number of rotatable bonds is 5. The molecule has 110 valence electrons. The number of hydrogen-bond acceptors (Lipinski definition) is 4. The Balaban J connectivity index is 2.02. The van der Waals surface area contributed by atoms with Crippen molar-refractivity contribution in [2.75, 3.05) is 27.3 Å². The van der Waals surface area contributed by atoms with Gasteiger partial charge in [0.05, 0.1) is 39.3 Å². The average Bonchev–Trinajstić information content (AvgIpc) is 2.44. The van der Waals surface area contributed by atoms with E-state index in [1.54, 1.807) is 25.2 Å². The highest BCUT2D eigenvalue weighted by atomic mass is 16.5. The van der Waals surface area contributed by atoms with Gasteiger partial charge in [0.2, 0.25) is 5.91 Å². The Bertz CT molecular complexity index is 495. The number of likely N-dealkylation sites (tertiary alicyclic amines) is 1. The summed E-state index contributed by atoms with van der Waals surface area (Å²) < 4.78 is 10.4. The molecule has 1 fully saturated rings. The van der Waals surface area contributed by atoms with Gasteiger partial charge in [0, 0.05) is 11.6 Å². The number of carbonyl (C=O) groups is 1. The molecular weight excluding hydrogens is 258 g/mol. The standard InChI is InChI=1S/C15H21NO4/c1-4-15(18)9-16(10-15)14(17)7-11-5-6-12(19-2)8-13(11)20-3/h5-6,8,18H,4,7,9-10H2,1-3H3. The maximum atomic E-state index is 12.1. The topological polar surface area (TPSA) is 59.0 Å². The third kappa shape index (κ3) is 2.88. The van der Waals surface area contributed by atoms with E-state index in [1.807, 2.05) is 19.1 Å². The van der Waals surface area contributed by atoms with Crippen molar-refractivity contribution >= 4 is 5.91 Å². The second-order valence-corrected chi connectivity index (χ2v) is 5.18. The third-order valence-electron chi connectivity index (χ3n) is 3.82. The lowest BCUT2D eigenvalue weighted by Crippen LogP contribution is -2.63. The van der Waals surface area contributed by atoms with Gasteiger partial charge < -0.3 is 19.5 Å². The van der Waals surface area contributed by atoms with Crippen LogP contribution in [-0.2, 0) is 11.2 Å². The molecule has 1 aromatic carbocycles. The molecule has 0 spiro atoms. The molecule has 1 N–H and O–H groups in total. The molecule has 0 atom stereocenters.